The Bertz CT molecular complexity index is 2650. The first kappa shape index (κ1) is 82.8. The van der Waals surface area contributed by atoms with Gasteiger partial charge >= 0.3 is 5.97 Å². The summed E-state index contributed by atoms with van der Waals surface area (Å²) < 4.78 is 64.7. The summed E-state index contributed by atoms with van der Waals surface area (Å²) in [6.07, 6.45) is -61.5. The standard InChI is InChI=1S/C62H104O38/c1-23-17-61-12-5-31-59(2,10-4-11-60(31,3)58(89)99-57-50(98-56-46(85)41(80)37(76)29(20-67)93-56)48(38(77)30(21-68)94-57)96-52(87)43(82)34(73)25(70)8-15-64)32(61)6-13-62(23,22-61)100-53(88)49(97-55-45(84)40(79)36(75)28(19-66)92-55)47(95-51(86)42(81)33(72)24(69)7-14-63)26(71)9-16-90-54-44(83)39(78)35(74)27(18-65)91-54/h24-33,35-42,44-57,63-88H,1,4-22H2,2-3H3/b43-34-/t24?,25?,26?,27?,28?,29?,30?,31?,32-,33?,35?,36?,37?,38?,39?,40?,41?,42?,44?,45?,46?,47?,48?,49?,50?,51?,52?,53?,54?,55?,56?,57?,59+,60+,61?,62-/m0/s1. The molecule has 0 aromatic heterocycles. The fourth-order valence-corrected chi connectivity index (χ4v) is 16.5. The molecule has 36 atom stereocenters. The van der Waals surface area contributed by atoms with E-state index in [0.717, 1.165) is 0 Å². The summed E-state index contributed by atoms with van der Waals surface area (Å²) in [5.41, 5.74) is -4.07. The SMILES string of the molecule is C=C1CC23CCC4[C@](C)(C(=O)OC5OC(CO)C(O)C(OC(O)/C(O)=C(/O)C(O)CCO)C5OC5OC(CO)C(O)C(O)C5O)CCC[C@@]4(C)[C@@H]2CC[C@]1(OC(O)C(OC1OC(CO)C(O)C(O)C1O)C(OC(O)C(O)C(O)C(O)CCO)C(O)CCOC1OC(CO)C(O)C(O)C1O)C3. The van der Waals surface area contributed by atoms with Gasteiger partial charge in [-0.25, -0.2) is 0 Å². The highest BCUT2D eigenvalue weighted by Gasteiger charge is 2.70. The molecule has 4 saturated carbocycles. The van der Waals surface area contributed by atoms with Crippen molar-refractivity contribution in [2.45, 2.75) is 281 Å². The van der Waals surface area contributed by atoms with Crippen LogP contribution >= 0.6 is 0 Å². The van der Waals surface area contributed by atoms with Crippen LogP contribution in [-0.4, -0.2) is 375 Å². The second-order valence-electron chi connectivity index (χ2n) is 28.2. The van der Waals surface area contributed by atoms with Crippen molar-refractivity contribution in [3.8, 4) is 0 Å². The molecule has 580 valence electrons. The molecule has 1 spiro atoms. The monoisotopic (exact) mass is 1460 g/mol. The van der Waals surface area contributed by atoms with Gasteiger partial charge in [0.1, 0.15) is 122 Å². The minimum absolute atomic E-state index is 0.0523. The number of aliphatic hydroxyl groups excluding tert-OH is 26. The summed E-state index contributed by atoms with van der Waals surface area (Å²) in [5.74, 6) is -4.49. The zero-order valence-electron chi connectivity index (χ0n) is 55.1. The third-order valence-corrected chi connectivity index (χ3v) is 22.0. The second kappa shape index (κ2) is 34.4. The molecule has 38 nitrogen and oxygen atoms in total. The van der Waals surface area contributed by atoms with Crippen molar-refractivity contribution in [2.75, 3.05) is 46.2 Å². The smallest absolute Gasteiger partial charge is 0.314 e. The molecule has 100 heavy (non-hydrogen) atoms. The molecule has 0 radical (unpaired) electrons. The minimum Gasteiger partial charge on any atom is -0.506 e. The van der Waals surface area contributed by atoms with E-state index in [1.165, 1.54) is 0 Å². The van der Waals surface area contributed by atoms with Gasteiger partial charge in [-0.15, -0.1) is 0 Å². The number of carbonyl (C=O) groups is 1. The molecule has 38 heteroatoms. The summed E-state index contributed by atoms with van der Waals surface area (Å²) in [6, 6.07) is 0. The molecule has 4 heterocycles. The maximum Gasteiger partial charge on any atom is 0.314 e. The van der Waals surface area contributed by atoms with E-state index >= 15 is 4.79 Å². The molecule has 8 rings (SSSR count). The number of carbonyl (C=O) groups excluding carboxylic acids is 1. The zero-order chi connectivity index (χ0) is 74.0. The van der Waals surface area contributed by atoms with E-state index in [0.29, 0.717) is 24.8 Å². The van der Waals surface area contributed by atoms with Crippen LogP contribution in [0.4, 0.5) is 0 Å². The summed E-state index contributed by atoms with van der Waals surface area (Å²) in [4.78, 5) is 15.4. The molecule has 0 amide bonds. The average Bonchev–Trinajstić information content (AvgIpc) is 1.43. The highest BCUT2D eigenvalue weighted by atomic mass is 16.8. The maximum absolute atomic E-state index is 15.4. The van der Waals surface area contributed by atoms with E-state index in [4.69, 9.17) is 52.1 Å². The predicted octanol–water partition coefficient (Wildman–Crippen LogP) is -10.1. The van der Waals surface area contributed by atoms with Crippen molar-refractivity contribution in [1.82, 2.24) is 0 Å². The molecule has 8 fully saturated rings. The van der Waals surface area contributed by atoms with Crippen LogP contribution in [0.5, 0.6) is 0 Å². The Morgan fingerprint density at radius 2 is 1.07 bits per heavy atom. The molecular weight excluding hydrogens is 1350 g/mol. The number of rotatable bonds is 32. The van der Waals surface area contributed by atoms with Gasteiger partial charge < -0.3 is 185 Å². The number of hydrogen-bond acceptors (Lipinski definition) is 38. The average molecular weight is 1460 g/mol. The lowest BCUT2D eigenvalue weighted by Crippen LogP contribution is -2.66. The van der Waals surface area contributed by atoms with Gasteiger partial charge in [0.2, 0.25) is 12.6 Å². The van der Waals surface area contributed by atoms with Crippen molar-refractivity contribution in [3.05, 3.63) is 23.7 Å². The summed E-state index contributed by atoms with van der Waals surface area (Å²) in [5, 5.41) is 279. The molecule has 8 aliphatic rings. The van der Waals surface area contributed by atoms with Crippen molar-refractivity contribution >= 4 is 5.97 Å². The van der Waals surface area contributed by atoms with E-state index in [9.17, 15) is 133 Å². The van der Waals surface area contributed by atoms with E-state index in [-0.39, 0.29) is 44.4 Å². The van der Waals surface area contributed by atoms with Gasteiger partial charge in [0.15, 0.2) is 49.1 Å². The van der Waals surface area contributed by atoms with Crippen molar-refractivity contribution in [3.63, 3.8) is 0 Å². The molecule has 32 unspecified atom stereocenters. The predicted molar refractivity (Wildman–Crippen MR) is 323 cm³/mol. The molecule has 4 aliphatic heterocycles. The molecule has 26 N–H and O–H groups in total. The Labute approximate surface area is 573 Å². The third kappa shape index (κ3) is 16.7. The van der Waals surface area contributed by atoms with Gasteiger partial charge in [-0.2, -0.15) is 0 Å². The molecule has 4 saturated heterocycles. The molecular formula is C62H104O38. The van der Waals surface area contributed by atoms with Crippen LogP contribution in [0.2, 0.25) is 0 Å². The number of hydrogen-bond donors (Lipinski definition) is 26. The first-order valence-electron chi connectivity index (χ1n) is 33.5. The lowest BCUT2D eigenvalue weighted by Gasteiger charge is -2.64. The van der Waals surface area contributed by atoms with Crippen molar-refractivity contribution < 1.29 is 190 Å². The van der Waals surface area contributed by atoms with Gasteiger partial charge in [-0.1, -0.05) is 19.9 Å². The Morgan fingerprint density at radius 1 is 0.540 bits per heavy atom. The molecule has 2 bridgehead atoms. The van der Waals surface area contributed by atoms with E-state index in [1.54, 1.807) is 6.92 Å². The van der Waals surface area contributed by atoms with Gasteiger partial charge in [0.05, 0.1) is 56.3 Å². The Kier molecular flexibility index (Phi) is 28.5. The first-order valence-corrected chi connectivity index (χ1v) is 33.5. The van der Waals surface area contributed by atoms with Crippen molar-refractivity contribution in [1.29, 1.82) is 0 Å². The number of ether oxygens (including phenoxy) is 11. The molecule has 0 aromatic carbocycles. The van der Waals surface area contributed by atoms with Crippen LogP contribution < -0.4 is 0 Å². The zero-order valence-corrected chi connectivity index (χ0v) is 55.1. The second-order valence-corrected chi connectivity index (χ2v) is 28.2. The fraction of sp³-hybridized carbons (Fsp3) is 0.919. The van der Waals surface area contributed by atoms with E-state index < -0.39 is 295 Å². The normalized spacial score (nSPS) is 44.1. The number of aliphatic hydroxyl groups is 26. The maximum atomic E-state index is 15.4. The van der Waals surface area contributed by atoms with E-state index in [1.807, 2.05) is 6.92 Å². The largest absolute Gasteiger partial charge is 0.506 e. The highest BCUT2D eigenvalue weighted by molar-refractivity contribution is 5.77. The van der Waals surface area contributed by atoms with Crippen molar-refractivity contribution in [2.24, 2.45) is 28.1 Å². The van der Waals surface area contributed by atoms with E-state index in [2.05, 4.69) is 6.58 Å². The summed E-state index contributed by atoms with van der Waals surface area (Å²) in [7, 11) is 0. The Balaban J connectivity index is 1.08. The lowest BCUT2D eigenvalue weighted by atomic mass is 9.41. The van der Waals surface area contributed by atoms with Crippen LogP contribution in [0, 0.1) is 28.1 Å². The highest BCUT2D eigenvalue weighted by Crippen LogP contribution is 2.74. The van der Waals surface area contributed by atoms with Crippen LogP contribution in [0.15, 0.2) is 23.7 Å². The molecule has 4 aliphatic carbocycles. The summed E-state index contributed by atoms with van der Waals surface area (Å²) >= 11 is 0. The topological polar surface area (TPSA) is 645 Å². The van der Waals surface area contributed by atoms with Gasteiger partial charge in [0, 0.05) is 19.6 Å². The first-order chi connectivity index (χ1) is 47.1. The molecule has 0 aromatic rings. The quantitative estimate of drug-likeness (QED) is 0.0129. The van der Waals surface area contributed by atoms with Crippen LogP contribution in [0.3, 0.4) is 0 Å². The number of esters is 1. The Hall–Kier alpha value is -2.81. The van der Waals surface area contributed by atoms with Crippen LogP contribution in [0.1, 0.15) is 90.9 Å². The minimum atomic E-state index is -2.66. The Morgan fingerprint density at radius 3 is 1.65 bits per heavy atom. The van der Waals surface area contributed by atoms with Crippen LogP contribution in [-0.2, 0) is 56.9 Å². The fourth-order valence-electron chi connectivity index (χ4n) is 16.5. The summed E-state index contributed by atoms with van der Waals surface area (Å²) in [6.45, 7) is 2.15. The van der Waals surface area contributed by atoms with Gasteiger partial charge in [-0.3, -0.25) is 4.79 Å². The van der Waals surface area contributed by atoms with Gasteiger partial charge in [-0.05, 0) is 99.4 Å². The lowest BCUT2D eigenvalue weighted by molar-refractivity contribution is -0.373. The van der Waals surface area contributed by atoms with Gasteiger partial charge in [0.25, 0.3) is 0 Å². The van der Waals surface area contributed by atoms with Crippen LogP contribution in [0.25, 0.3) is 0 Å². The number of fused-ring (bicyclic) bond motifs is 3. The third-order valence-electron chi connectivity index (χ3n) is 22.0.